The van der Waals surface area contributed by atoms with Gasteiger partial charge in [0, 0.05) is 19.1 Å². The van der Waals surface area contributed by atoms with Crippen LogP contribution in [0.4, 0.5) is 4.79 Å². The normalized spacial score (nSPS) is 22.6. The standard InChI is InChI=1S/C19H28N2O3S/c22-19(20-17-9-3-1-4-10-17)21-13-7-8-16(14-21)15-25(23,24)18-11-5-2-6-12-18/h2,5-6,11-12,16-17H,1,3-4,7-10,13-15H2,(H,20,22). The van der Waals surface area contributed by atoms with Crippen molar-refractivity contribution in [2.24, 2.45) is 5.92 Å². The lowest BCUT2D eigenvalue weighted by Gasteiger charge is -2.34. The van der Waals surface area contributed by atoms with Crippen LogP contribution < -0.4 is 5.32 Å². The van der Waals surface area contributed by atoms with Gasteiger partial charge < -0.3 is 10.2 Å². The number of carbonyl (C=O) groups is 1. The molecular formula is C19H28N2O3S. The highest BCUT2D eigenvalue weighted by Crippen LogP contribution is 2.23. The maximum Gasteiger partial charge on any atom is 0.317 e. The number of amides is 2. The van der Waals surface area contributed by atoms with Crippen molar-refractivity contribution in [2.75, 3.05) is 18.8 Å². The van der Waals surface area contributed by atoms with Crippen molar-refractivity contribution >= 4 is 15.9 Å². The molecule has 2 aliphatic rings. The van der Waals surface area contributed by atoms with E-state index in [0.717, 1.165) is 32.2 Å². The van der Waals surface area contributed by atoms with Gasteiger partial charge in [-0.1, -0.05) is 37.5 Å². The van der Waals surface area contributed by atoms with Crippen LogP contribution in [0.15, 0.2) is 35.2 Å². The zero-order valence-corrected chi connectivity index (χ0v) is 15.5. The number of nitrogens with one attached hydrogen (secondary N) is 1. The Morgan fingerprint density at radius 2 is 1.76 bits per heavy atom. The number of hydrogen-bond acceptors (Lipinski definition) is 3. The molecule has 1 N–H and O–H groups in total. The van der Waals surface area contributed by atoms with E-state index < -0.39 is 9.84 Å². The first-order chi connectivity index (χ1) is 12.0. The van der Waals surface area contributed by atoms with E-state index in [1.807, 2.05) is 11.0 Å². The molecule has 25 heavy (non-hydrogen) atoms. The molecule has 0 bridgehead atoms. The molecule has 1 aliphatic carbocycles. The average Bonchev–Trinajstić information content (AvgIpc) is 2.63. The maximum atomic E-state index is 12.6. The third-order valence-electron chi connectivity index (χ3n) is 5.30. The summed E-state index contributed by atoms with van der Waals surface area (Å²) >= 11 is 0. The van der Waals surface area contributed by atoms with Crippen molar-refractivity contribution < 1.29 is 13.2 Å². The fourth-order valence-electron chi connectivity index (χ4n) is 3.93. The Balaban J connectivity index is 1.56. The molecule has 1 aliphatic heterocycles. The van der Waals surface area contributed by atoms with Crippen LogP contribution in [0.5, 0.6) is 0 Å². The van der Waals surface area contributed by atoms with E-state index in [0.29, 0.717) is 11.4 Å². The maximum absolute atomic E-state index is 12.6. The van der Waals surface area contributed by atoms with Crippen molar-refractivity contribution in [3.8, 4) is 0 Å². The Morgan fingerprint density at radius 3 is 2.48 bits per heavy atom. The highest BCUT2D eigenvalue weighted by Gasteiger charge is 2.29. The minimum atomic E-state index is -3.29. The van der Waals surface area contributed by atoms with Gasteiger partial charge in [0.05, 0.1) is 10.6 Å². The Hall–Kier alpha value is -1.56. The van der Waals surface area contributed by atoms with E-state index in [-0.39, 0.29) is 23.7 Å². The topological polar surface area (TPSA) is 66.5 Å². The molecule has 1 saturated carbocycles. The van der Waals surface area contributed by atoms with Gasteiger partial charge in [-0.25, -0.2) is 13.2 Å². The highest BCUT2D eigenvalue weighted by molar-refractivity contribution is 7.91. The Kier molecular flexibility index (Phi) is 5.99. The van der Waals surface area contributed by atoms with E-state index >= 15 is 0 Å². The van der Waals surface area contributed by atoms with Crippen LogP contribution in [-0.2, 0) is 9.84 Å². The lowest BCUT2D eigenvalue weighted by Crippen LogP contribution is -2.49. The number of sulfone groups is 1. The van der Waals surface area contributed by atoms with Crippen molar-refractivity contribution in [1.29, 1.82) is 0 Å². The second kappa shape index (κ2) is 8.21. The average molecular weight is 365 g/mol. The van der Waals surface area contributed by atoms with E-state index in [1.165, 1.54) is 19.3 Å². The van der Waals surface area contributed by atoms with E-state index in [4.69, 9.17) is 0 Å². The van der Waals surface area contributed by atoms with Crippen molar-refractivity contribution in [2.45, 2.75) is 55.9 Å². The van der Waals surface area contributed by atoms with Gasteiger partial charge >= 0.3 is 6.03 Å². The third-order valence-corrected chi connectivity index (χ3v) is 7.20. The van der Waals surface area contributed by atoms with Crippen LogP contribution in [0.25, 0.3) is 0 Å². The largest absolute Gasteiger partial charge is 0.335 e. The summed E-state index contributed by atoms with van der Waals surface area (Å²) in [4.78, 5) is 14.7. The lowest BCUT2D eigenvalue weighted by molar-refractivity contribution is 0.164. The fraction of sp³-hybridized carbons (Fsp3) is 0.632. The molecule has 1 aromatic rings. The highest BCUT2D eigenvalue weighted by atomic mass is 32.2. The SMILES string of the molecule is O=C(NC1CCCCC1)N1CCCC(CS(=O)(=O)c2ccccc2)C1. The van der Waals surface area contributed by atoms with Crippen molar-refractivity contribution in [1.82, 2.24) is 10.2 Å². The van der Waals surface area contributed by atoms with Crippen molar-refractivity contribution in [3.05, 3.63) is 30.3 Å². The quantitative estimate of drug-likeness (QED) is 0.892. The molecule has 1 heterocycles. The van der Waals surface area contributed by atoms with Crippen LogP contribution in [0.3, 0.4) is 0 Å². The molecule has 1 atom stereocenters. The zero-order valence-electron chi connectivity index (χ0n) is 14.7. The van der Waals surface area contributed by atoms with Gasteiger partial charge in [-0.2, -0.15) is 0 Å². The Morgan fingerprint density at radius 1 is 1.04 bits per heavy atom. The minimum absolute atomic E-state index is 0.0102. The lowest BCUT2D eigenvalue weighted by atomic mass is 9.95. The summed E-state index contributed by atoms with van der Waals surface area (Å²) in [5.41, 5.74) is 0. The zero-order chi connectivity index (χ0) is 17.7. The molecule has 1 saturated heterocycles. The molecular weight excluding hydrogens is 336 g/mol. The van der Waals surface area contributed by atoms with Gasteiger partial charge in [-0.3, -0.25) is 0 Å². The summed E-state index contributed by atoms with van der Waals surface area (Å²) in [5, 5.41) is 3.14. The molecule has 6 heteroatoms. The predicted octanol–water partition coefficient (Wildman–Crippen LogP) is 3.21. The minimum Gasteiger partial charge on any atom is -0.335 e. The van der Waals surface area contributed by atoms with Gasteiger partial charge in [0.2, 0.25) is 0 Å². The number of benzene rings is 1. The van der Waals surface area contributed by atoms with Crippen LogP contribution in [-0.4, -0.2) is 44.2 Å². The number of hydrogen-bond donors (Lipinski definition) is 1. The summed E-state index contributed by atoms with van der Waals surface area (Å²) in [5.74, 6) is 0.126. The first kappa shape index (κ1) is 18.2. The monoisotopic (exact) mass is 364 g/mol. The predicted molar refractivity (Wildman–Crippen MR) is 98.2 cm³/mol. The molecule has 2 fully saturated rings. The molecule has 0 aromatic heterocycles. The van der Waals surface area contributed by atoms with Gasteiger partial charge in [-0.15, -0.1) is 0 Å². The smallest absolute Gasteiger partial charge is 0.317 e. The third kappa shape index (κ3) is 4.97. The summed E-state index contributed by atoms with van der Waals surface area (Å²) in [6, 6.07) is 8.87. The fourth-order valence-corrected chi connectivity index (χ4v) is 5.59. The van der Waals surface area contributed by atoms with Crippen LogP contribution in [0.1, 0.15) is 44.9 Å². The van der Waals surface area contributed by atoms with E-state index in [9.17, 15) is 13.2 Å². The summed E-state index contributed by atoms with van der Waals surface area (Å²) in [6.07, 6.45) is 7.48. The summed E-state index contributed by atoms with van der Waals surface area (Å²) < 4.78 is 25.1. The molecule has 1 unspecified atom stereocenters. The van der Waals surface area contributed by atoms with E-state index in [2.05, 4.69) is 5.32 Å². The van der Waals surface area contributed by atoms with Gasteiger partial charge in [0.1, 0.15) is 0 Å². The summed E-state index contributed by atoms with van der Waals surface area (Å²) in [6.45, 7) is 1.26. The van der Waals surface area contributed by atoms with Crippen molar-refractivity contribution in [3.63, 3.8) is 0 Å². The van der Waals surface area contributed by atoms with Crippen LogP contribution in [0.2, 0.25) is 0 Å². The Labute approximate surface area is 150 Å². The second-order valence-electron chi connectivity index (χ2n) is 7.33. The van der Waals surface area contributed by atoms with Crippen LogP contribution in [0, 0.1) is 5.92 Å². The van der Waals surface area contributed by atoms with E-state index in [1.54, 1.807) is 24.3 Å². The molecule has 5 nitrogen and oxygen atoms in total. The Bertz CT molecular complexity index is 669. The number of urea groups is 1. The molecule has 0 spiro atoms. The summed E-state index contributed by atoms with van der Waals surface area (Å²) in [7, 11) is -3.29. The first-order valence-electron chi connectivity index (χ1n) is 9.38. The van der Waals surface area contributed by atoms with Gasteiger partial charge in [-0.05, 0) is 43.7 Å². The molecule has 1 aromatic carbocycles. The van der Waals surface area contributed by atoms with Crippen LogP contribution >= 0.6 is 0 Å². The second-order valence-corrected chi connectivity index (χ2v) is 9.37. The number of carbonyl (C=O) groups excluding carboxylic acids is 1. The molecule has 3 rings (SSSR count). The number of piperidine rings is 1. The van der Waals surface area contributed by atoms with Gasteiger partial charge in [0.25, 0.3) is 0 Å². The number of rotatable bonds is 4. The molecule has 2 amide bonds. The van der Waals surface area contributed by atoms with Gasteiger partial charge in [0.15, 0.2) is 9.84 Å². The molecule has 0 radical (unpaired) electrons. The first-order valence-corrected chi connectivity index (χ1v) is 11.0. The number of nitrogens with zero attached hydrogens (tertiary/aromatic N) is 1. The number of likely N-dealkylation sites (tertiary alicyclic amines) is 1. The molecule has 138 valence electrons.